The lowest BCUT2D eigenvalue weighted by Crippen LogP contribution is -2.35. The summed E-state index contributed by atoms with van der Waals surface area (Å²) in [6, 6.07) is 0. The summed E-state index contributed by atoms with van der Waals surface area (Å²) < 4.78 is 0. The maximum absolute atomic E-state index is 6.00. The third-order valence-electron chi connectivity index (χ3n) is 4.11. The normalized spacial score (nSPS) is 33.2. The van der Waals surface area contributed by atoms with Crippen molar-refractivity contribution in [2.75, 3.05) is 6.54 Å². The van der Waals surface area contributed by atoms with E-state index < -0.39 is 0 Å². The van der Waals surface area contributed by atoms with Gasteiger partial charge in [0, 0.05) is 0 Å². The zero-order valence-electron chi connectivity index (χ0n) is 10.0. The molecule has 1 aliphatic rings. The molecule has 2 atom stereocenters. The first-order valence-electron chi connectivity index (χ1n) is 6.46. The Hall–Kier alpha value is -0.0400. The van der Waals surface area contributed by atoms with E-state index in [9.17, 15) is 0 Å². The van der Waals surface area contributed by atoms with Crippen molar-refractivity contribution in [1.29, 1.82) is 0 Å². The van der Waals surface area contributed by atoms with Crippen molar-refractivity contribution in [3.05, 3.63) is 0 Å². The lowest BCUT2D eigenvalue weighted by Gasteiger charge is -2.40. The number of hydrogen-bond acceptors (Lipinski definition) is 1. The number of rotatable bonds is 5. The molecule has 14 heavy (non-hydrogen) atoms. The Labute approximate surface area is 89.5 Å². The topological polar surface area (TPSA) is 26.0 Å². The van der Waals surface area contributed by atoms with Crippen molar-refractivity contribution in [1.82, 2.24) is 0 Å². The van der Waals surface area contributed by atoms with Crippen molar-refractivity contribution in [3.63, 3.8) is 0 Å². The van der Waals surface area contributed by atoms with Gasteiger partial charge >= 0.3 is 0 Å². The van der Waals surface area contributed by atoms with Gasteiger partial charge < -0.3 is 5.73 Å². The molecule has 0 saturated heterocycles. The average molecular weight is 197 g/mol. The second-order valence-electron chi connectivity index (χ2n) is 5.18. The largest absolute Gasteiger partial charge is 0.330 e. The maximum atomic E-state index is 6.00. The minimum absolute atomic E-state index is 0.523. The summed E-state index contributed by atoms with van der Waals surface area (Å²) in [4.78, 5) is 0. The minimum Gasteiger partial charge on any atom is -0.330 e. The van der Waals surface area contributed by atoms with E-state index in [0.29, 0.717) is 5.41 Å². The van der Waals surface area contributed by atoms with Crippen molar-refractivity contribution in [2.24, 2.45) is 17.1 Å². The van der Waals surface area contributed by atoms with Gasteiger partial charge in [-0.3, -0.25) is 0 Å². The van der Waals surface area contributed by atoms with E-state index in [1.807, 2.05) is 0 Å². The van der Waals surface area contributed by atoms with E-state index in [1.54, 1.807) is 0 Å². The van der Waals surface area contributed by atoms with Gasteiger partial charge in [0.15, 0.2) is 0 Å². The smallest absolute Gasteiger partial charge is 0.00204 e. The van der Waals surface area contributed by atoms with Gasteiger partial charge in [-0.05, 0) is 37.1 Å². The first kappa shape index (κ1) is 12.0. The highest BCUT2D eigenvalue weighted by Crippen LogP contribution is 2.43. The Morgan fingerprint density at radius 1 is 1.36 bits per heavy atom. The standard InChI is InChI=1S/C13H27N/c1-3-5-8-13(11-14)9-6-7-12(4-2)10-13/h12H,3-11,14H2,1-2H3. The molecule has 0 aliphatic heterocycles. The first-order chi connectivity index (χ1) is 6.76. The fourth-order valence-electron chi connectivity index (χ4n) is 3.00. The molecule has 0 heterocycles. The van der Waals surface area contributed by atoms with E-state index in [4.69, 9.17) is 5.73 Å². The minimum atomic E-state index is 0.523. The molecule has 2 N–H and O–H groups in total. The quantitative estimate of drug-likeness (QED) is 0.714. The third-order valence-corrected chi connectivity index (χ3v) is 4.11. The van der Waals surface area contributed by atoms with Crippen LogP contribution in [0.25, 0.3) is 0 Å². The van der Waals surface area contributed by atoms with Crippen LogP contribution < -0.4 is 5.73 Å². The molecule has 0 radical (unpaired) electrons. The molecule has 0 aromatic carbocycles. The van der Waals surface area contributed by atoms with Crippen molar-refractivity contribution in [2.45, 2.75) is 65.2 Å². The molecular formula is C13H27N. The predicted octanol–water partition coefficient (Wildman–Crippen LogP) is 3.72. The Morgan fingerprint density at radius 3 is 2.71 bits per heavy atom. The molecule has 1 heteroatoms. The molecule has 0 spiro atoms. The molecule has 1 fully saturated rings. The second-order valence-corrected chi connectivity index (χ2v) is 5.18. The van der Waals surface area contributed by atoms with Crippen LogP contribution in [0.15, 0.2) is 0 Å². The fourth-order valence-corrected chi connectivity index (χ4v) is 3.00. The van der Waals surface area contributed by atoms with Crippen LogP contribution in [0.1, 0.15) is 65.2 Å². The van der Waals surface area contributed by atoms with Gasteiger partial charge in [-0.15, -0.1) is 0 Å². The van der Waals surface area contributed by atoms with Crippen molar-refractivity contribution >= 4 is 0 Å². The summed E-state index contributed by atoms with van der Waals surface area (Å²) in [6.07, 6.45) is 11.1. The molecule has 1 rings (SSSR count). The molecule has 2 unspecified atom stereocenters. The molecule has 1 saturated carbocycles. The average Bonchev–Trinajstić information content (AvgIpc) is 2.26. The summed E-state index contributed by atoms with van der Waals surface area (Å²) >= 11 is 0. The van der Waals surface area contributed by atoms with Gasteiger partial charge in [-0.1, -0.05) is 46.0 Å². The molecule has 1 aliphatic carbocycles. The van der Waals surface area contributed by atoms with E-state index in [2.05, 4.69) is 13.8 Å². The van der Waals surface area contributed by atoms with E-state index >= 15 is 0 Å². The van der Waals surface area contributed by atoms with Crippen LogP contribution >= 0.6 is 0 Å². The molecular weight excluding hydrogens is 170 g/mol. The molecule has 0 bridgehead atoms. The van der Waals surface area contributed by atoms with E-state index in [1.165, 1.54) is 51.4 Å². The Bertz CT molecular complexity index is 155. The Balaban J connectivity index is 2.49. The van der Waals surface area contributed by atoms with Crippen LogP contribution in [-0.2, 0) is 0 Å². The van der Waals surface area contributed by atoms with E-state index in [-0.39, 0.29) is 0 Å². The number of hydrogen-bond donors (Lipinski definition) is 1. The zero-order valence-corrected chi connectivity index (χ0v) is 10.0. The van der Waals surface area contributed by atoms with Gasteiger partial charge in [0.1, 0.15) is 0 Å². The van der Waals surface area contributed by atoms with Gasteiger partial charge in [0.2, 0.25) is 0 Å². The van der Waals surface area contributed by atoms with Crippen LogP contribution in [0.4, 0.5) is 0 Å². The lowest BCUT2D eigenvalue weighted by atomic mass is 9.66. The van der Waals surface area contributed by atoms with Gasteiger partial charge in [-0.25, -0.2) is 0 Å². The van der Waals surface area contributed by atoms with Crippen LogP contribution in [-0.4, -0.2) is 6.54 Å². The van der Waals surface area contributed by atoms with E-state index in [0.717, 1.165) is 12.5 Å². The Morgan fingerprint density at radius 2 is 2.14 bits per heavy atom. The maximum Gasteiger partial charge on any atom is -0.00204 e. The first-order valence-corrected chi connectivity index (χ1v) is 6.46. The zero-order chi connectivity index (χ0) is 10.4. The van der Waals surface area contributed by atoms with Crippen LogP contribution in [0.5, 0.6) is 0 Å². The van der Waals surface area contributed by atoms with Crippen molar-refractivity contribution in [3.8, 4) is 0 Å². The van der Waals surface area contributed by atoms with Crippen LogP contribution in [0.3, 0.4) is 0 Å². The molecule has 0 aromatic heterocycles. The van der Waals surface area contributed by atoms with Gasteiger partial charge in [0.05, 0.1) is 0 Å². The summed E-state index contributed by atoms with van der Waals surface area (Å²) in [7, 11) is 0. The summed E-state index contributed by atoms with van der Waals surface area (Å²) in [6.45, 7) is 5.53. The predicted molar refractivity (Wildman–Crippen MR) is 63.3 cm³/mol. The summed E-state index contributed by atoms with van der Waals surface area (Å²) in [5.41, 5.74) is 6.52. The molecule has 84 valence electrons. The highest BCUT2D eigenvalue weighted by molar-refractivity contribution is 4.86. The third kappa shape index (κ3) is 2.98. The van der Waals surface area contributed by atoms with Crippen LogP contribution in [0, 0.1) is 11.3 Å². The summed E-state index contributed by atoms with van der Waals surface area (Å²) in [5, 5.41) is 0. The van der Waals surface area contributed by atoms with Gasteiger partial charge in [-0.2, -0.15) is 0 Å². The SMILES string of the molecule is CCCCC1(CN)CCCC(CC)C1. The van der Waals surface area contributed by atoms with Gasteiger partial charge in [0.25, 0.3) is 0 Å². The fraction of sp³-hybridized carbons (Fsp3) is 1.00. The molecule has 0 aromatic rings. The monoisotopic (exact) mass is 197 g/mol. The molecule has 1 nitrogen and oxygen atoms in total. The second kappa shape index (κ2) is 5.75. The summed E-state index contributed by atoms with van der Waals surface area (Å²) in [5.74, 6) is 0.962. The Kier molecular flexibility index (Phi) is 4.94. The van der Waals surface area contributed by atoms with Crippen molar-refractivity contribution < 1.29 is 0 Å². The highest BCUT2D eigenvalue weighted by atomic mass is 14.6. The number of nitrogens with two attached hydrogens (primary N) is 1. The van der Waals surface area contributed by atoms with Crippen LogP contribution in [0.2, 0.25) is 0 Å². The lowest BCUT2D eigenvalue weighted by molar-refractivity contribution is 0.128. The highest BCUT2D eigenvalue weighted by Gasteiger charge is 2.33. The number of unbranched alkanes of at least 4 members (excludes halogenated alkanes) is 1. The molecule has 0 amide bonds.